The zero-order valence-electron chi connectivity index (χ0n) is 11.9. The van der Waals surface area contributed by atoms with Crippen molar-refractivity contribution in [3.63, 3.8) is 0 Å². The summed E-state index contributed by atoms with van der Waals surface area (Å²) in [5.41, 5.74) is 6.38. The Morgan fingerprint density at radius 1 is 1.42 bits per heavy atom. The van der Waals surface area contributed by atoms with Gasteiger partial charge in [0.1, 0.15) is 0 Å². The van der Waals surface area contributed by atoms with Gasteiger partial charge in [0.25, 0.3) is 0 Å². The first-order chi connectivity index (χ1) is 8.94. The van der Waals surface area contributed by atoms with Crippen LogP contribution in [0.2, 0.25) is 0 Å². The van der Waals surface area contributed by atoms with Crippen LogP contribution in [0.3, 0.4) is 0 Å². The average Bonchev–Trinajstić information content (AvgIpc) is 2.76. The summed E-state index contributed by atoms with van der Waals surface area (Å²) in [6, 6.07) is 0.0849. The molecule has 0 spiro atoms. The Morgan fingerprint density at radius 2 is 2.21 bits per heavy atom. The van der Waals surface area contributed by atoms with Crippen LogP contribution in [0.5, 0.6) is 0 Å². The van der Waals surface area contributed by atoms with E-state index in [0.29, 0.717) is 17.6 Å². The van der Waals surface area contributed by atoms with E-state index in [2.05, 4.69) is 30.9 Å². The molecule has 1 aromatic heterocycles. The third-order valence-corrected chi connectivity index (χ3v) is 5.65. The van der Waals surface area contributed by atoms with Gasteiger partial charge in [-0.1, -0.05) is 25.9 Å². The lowest BCUT2D eigenvalue weighted by Gasteiger charge is -2.21. The molecule has 4 nitrogen and oxygen atoms in total. The summed E-state index contributed by atoms with van der Waals surface area (Å²) in [6.45, 7) is 6.59. The van der Waals surface area contributed by atoms with Gasteiger partial charge in [-0.15, -0.1) is 11.8 Å². The molecule has 108 valence electrons. The van der Waals surface area contributed by atoms with Gasteiger partial charge in [-0.2, -0.15) is 16.7 Å². The Bertz CT molecular complexity index is 397. The molecule has 1 saturated heterocycles. The molecule has 0 amide bonds. The van der Waals surface area contributed by atoms with Crippen molar-refractivity contribution in [3.05, 3.63) is 11.7 Å². The zero-order valence-corrected chi connectivity index (χ0v) is 13.5. The van der Waals surface area contributed by atoms with Crippen molar-refractivity contribution in [1.29, 1.82) is 0 Å². The molecule has 19 heavy (non-hydrogen) atoms. The summed E-state index contributed by atoms with van der Waals surface area (Å²) in [7, 11) is 0. The number of nitrogens with zero attached hydrogens (tertiary/aromatic N) is 2. The molecule has 2 N–H and O–H groups in total. The van der Waals surface area contributed by atoms with Crippen molar-refractivity contribution in [2.75, 3.05) is 17.3 Å². The van der Waals surface area contributed by atoms with Crippen LogP contribution in [-0.4, -0.2) is 33.4 Å². The fourth-order valence-corrected chi connectivity index (χ4v) is 4.79. The third-order valence-electron chi connectivity index (χ3n) is 2.90. The first kappa shape index (κ1) is 15.2. The molecule has 0 radical (unpaired) electrons. The summed E-state index contributed by atoms with van der Waals surface area (Å²) >= 11 is 3.88. The first-order valence-corrected chi connectivity index (χ1v) is 8.92. The van der Waals surface area contributed by atoms with E-state index in [-0.39, 0.29) is 11.5 Å². The minimum atomic E-state index is 0.0849. The summed E-state index contributed by atoms with van der Waals surface area (Å²) in [6.07, 6.45) is 1.63. The molecule has 1 aliphatic heterocycles. The van der Waals surface area contributed by atoms with Gasteiger partial charge in [-0.25, -0.2) is 0 Å². The monoisotopic (exact) mass is 301 g/mol. The van der Waals surface area contributed by atoms with Gasteiger partial charge in [0.05, 0.1) is 5.25 Å². The van der Waals surface area contributed by atoms with E-state index in [1.54, 1.807) is 0 Å². The Balaban J connectivity index is 1.89. The number of thioether (sulfide) groups is 2. The number of hydrogen-bond donors (Lipinski definition) is 1. The zero-order chi connectivity index (χ0) is 13.9. The van der Waals surface area contributed by atoms with Crippen LogP contribution in [-0.2, 0) is 6.42 Å². The van der Waals surface area contributed by atoms with E-state index in [0.717, 1.165) is 18.0 Å². The molecule has 0 aliphatic carbocycles. The van der Waals surface area contributed by atoms with Gasteiger partial charge in [-0.3, -0.25) is 0 Å². The number of nitrogens with two attached hydrogens (primary N) is 1. The molecular weight excluding hydrogens is 278 g/mol. The van der Waals surface area contributed by atoms with Gasteiger partial charge in [0.15, 0.2) is 5.82 Å². The quantitative estimate of drug-likeness (QED) is 0.922. The molecule has 1 fully saturated rings. The maximum absolute atomic E-state index is 6.14. The Kier molecular flexibility index (Phi) is 5.20. The topological polar surface area (TPSA) is 64.9 Å². The van der Waals surface area contributed by atoms with Gasteiger partial charge in [-0.05, 0) is 11.8 Å². The molecule has 0 aromatic carbocycles. The average molecular weight is 301 g/mol. The summed E-state index contributed by atoms with van der Waals surface area (Å²) in [5.74, 6) is 5.00. The lowest BCUT2D eigenvalue weighted by molar-refractivity contribution is 0.312. The van der Waals surface area contributed by atoms with Gasteiger partial charge < -0.3 is 10.3 Å². The lowest BCUT2D eigenvalue weighted by atomic mass is 9.87. The van der Waals surface area contributed by atoms with Crippen LogP contribution < -0.4 is 5.73 Å². The predicted octanol–water partition coefficient (Wildman–Crippen LogP) is 2.90. The molecule has 6 heteroatoms. The van der Waals surface area contributed by atoms with E-state index < -0.39 is 0 Å². The maximum atomic E-state index is 6.14. The molecule has 2 rings (SSSR count). The highest BCUT2D eigenvalue weighted by molar-refractivity contribution is 8.06. The Morgan fingerprint density at radius 3 is 2.84 bits per heavy atom. The summed E-state index contributed by atoms with van der Waals surface area (Å²) < 4.78 is 5.34. The van der Waals surface area contributed by atoms with Crippen LogP contribution in [0.1, 0.15) is 44.2 Å². The van der Waals surface area contributed by atoms with Crippen molar-refractivity contribution >= 4 is 23.5 Å². The summed E-state index contributed by atoms with van der Waals surface area (Å²) in [5, 5.41) is 4.50. The largest absolute Gasteiger partial charge is 0.339 e. The second kappa shape index (κ2) is 6.50. The van der Waals surface area contributed by atoms with Crippen LogP contribution in [0.25, 0.3) is 0 Å². The normalized spacial score (nSPS) is 22.4. The highest BCUT2D eigenvalue weighted by Gasteiger charge is 2.23. The van der Waals surface area contributed by atoms with Gasteiger partial charge in [0.2, 0.25) is 5.89 Å². The fourth-order valence-electron chi connectivity index (χ4n) is 2.20. The second-order valence-corrected chi connectivity index (χ2v) is 8.67. The maximum Gasteiger partial charge on any atom is 0.228 e. The van der Waals surface area contributed by atoms with Crippen molar-refractivity contribution in [1.82, 2.24) is 10.1 Å². The molecule has 1 aliphatic rings. The predicted molar refractivity (Wildman–Crippen MR) is 82.6 cm³/mol. The fraction of sp³-hybridized carbons (Fsp3) is 0.846. The van der Waals surface area contributed by atoms with Crippen LogP contribution in [0, 0.1) is 5.41 Å². The third kappa shape index (κ3) is 5.00. The second-order valence-electron chi connectivity index (χ2n) is 6.21. The Labute approximate surface area is 123 Å². The number of rotatable bonds is 4. The molecule has 0 saturated carbocycles. The highest BCUT2D eigenvalue weighted by Crippen LogP contribution is 2.35. The van der Waals surface area contributed by atoms with Crippen molar-refractivity contribution in [3.8, 4) is 0 Å². The number of hydrogen-bond acceptors (Lipinski definition) is 6. The SMILES string of the molecule is CC(C)(C)CC(N)Cc1nc(C2CSCCS2)no1. The molecule has 1 aromatic rings. The lowest BCUT2D eigenvalue weighted by Crippen LogP contribution is -2.28. The molecular formula is C13H23N3OS2. The molecule has 0 bridgehead atoms. The molecule has 2 heterocycles. The summed E-state index contributed by atoms with van der Waals surface area (Å²) in [4.78, 5) is 4.51. The molecule has 2 atom stereocenters. The molecule has 2 unspecified atom stereocenters. The van der Waals surface area contributed by atoms with Crippen LogP contribution in [0.15, 0.2) is 4.52 Å². The van der Waals surface area contributed by atoms with E-state index in [4.69, 9.17) is 10.3 Å². The minimum absolute atomic E-state index is 0.0849. The van der Waals surface area contributed by atoms with Crippen LogP contribution in [0.4, 0.5) is 0 Å². The smallest absolute Gasteiger partial charge is 0.228 e. The first-order valence-electron chi connectivity index (χ1n) is 6.71. The number of aromatic nitrogens is 2. The highest BCUT2D eigenvalue weighted by atomic mass is 32.2. The van der Waals surface area contributed by atoms with Crippen molar-refractivity contribution < 1.29 is 4.52 Å². The van der Waals surface area contributed by atoms with Gasteiger partial charge in [0, 0.05) is 29.7 Å². The van der Waals surface area contributed by atoms with E-state index in [1.807, 2.05) is 23.5 Å². The standard InChI is InChI=1S/C13H23N3OS2/c1-13(2,3)7-9(14)6-11-15-12(16-17-11)10-8-18-4-5-19-10/h9-10H,4-8,14H2,1-3H3. The van der Waals surface area contributed by atoms with Crippen LogP contribution >= 0.6 is 23.5 Å². The van der Waals surface area contributed by atoms with Crippen molar-refractivity contribution in [2.45, 2.75) is 44.9 Å². The van der Waals surface area contributed by atoms with Gasteiger partial charge >= 0.3 is 0 Å². The Hall–Kier alpha value is -0.200. The van der Waals surface area contributed by atoms with E-state index >= 15 is 0 Å². The minimum Gasteiger partial charge on any atom is -0.339 e. The van der Waals surface area contributed by atoms with E-state index in [9.17, 15) is 0 Å². The van der Waals surface area contributed by atoms with Crippen molar-refractivity contribution in [2.24, 2.45) is 11.1 Å². The van der Waals surface area contributed by atoms with E-state index in [1.165, 1.54) is 11.5 Å².